The van der Waals surface area contributed by atoms with Crippen molar-refractivity contribution in [2.75, 3.05) is 6.54 Å². The fourth-order valence-electron chi connectivity index (χ4n) is 4.28. The summed E-state index contributed by atoms with van der Waals surface area (Å²) in [4.78, 5) is 14.1. The van der Waals surface area contributed by atoms with E-state index >= 15 is 0 Å². The lowest BCUT2D eigenvalue weighted by Crippen LogP contribution is -2.48. The van der Waals surface area contributed by atoms with Crippen LogP contribution in [-0.4, -0.2) is 34.6 Å². The van der Waals surface area contributed by atoms with Gasteiger partial charge in [0.25, 0.3) is 0 Å². The molecule has 4 atom stereocenters. The van der Waals surface area contributed by atoms with Gasteiger partial charge >= 0.3 is 5.97 Å². The third kappa shape index (κ3) is 2.98. The zero-order valence-electron chi connectivity index (χ0n) is 12.7. The molecule has 1 aliphatic heterocycles. The van der Waals surface area contributed by atoms with Crippen LogP contribution in [0.2, 0.25) is 0 Å². The Morgan fingerprint density at radius 1 is 1.19 bits per heavy atom. The standard InChI is InChI=1S/C18H25NO2/c1-13-6-5-11-19(13)17-12-15(9-10-16(17)18(20)21)14-7-3-2-4-8-14/h2-4,7-8,13,15-17H,5-6,9-12H2,1H3,(H,20,21). The summed E-state index contributed by atoms with van der Waals surface area (Å²) in [6, 6.07) is 11.3. The van der Waals surface area contributed by atoms with Crippen molar-refractivity contribution >= 4 is 5.97 Å². The van der Waals surface area contributed by atoms with Crippen LogP contribution in [0.15, 0.2) is 30.3 Å². The lowest BCUT2D eigenvalue weighted by molar-refractivity contribution is -0.146. The Labute approximate surface area is 127 Å². The fraction of sp³-hybridized carbons (Fsp3) is 0.611. The van der Waals surface area contributed by atoms with E-state index in [0.29, 0.717) is 12.0 Å². The molecule has 3 nitrogen and oxygen atoms in total. The van der Waals surface area contributed by atoms with E-state index in [1.165, 1.54) is 18.4 Å². The highest BCUT2D eigenvalue weighted by molar-refractivity contribution is 5.71. The first-order valence-corrected chi connectivity index (χ1v) is 8.20. The third-order valence-corrected chi connectivity index (χ3v) is 5.44. The van der Waals surface area contributed by atoms with Crippen molar-refractivity contribution in [1.82, 2.24) is 4.90 Å². The highest BCUT2D eigenvalue weighted by Crippen LogP contribution is 2.40. The molecule has 0 bridgehead atoms. The monoisotopic (exact) mass is 287 g/mol. The third-order valence-electron chi connectivity index (χ3n) is 5.44. The number of carboxylic acids is 1. The summed E-state index contributed by atoms with van der Waals surface area (Å²) >= 11 is 0. The molecule has 1 saturated carbocycles. The number of aliphatic carboxylic acids is 1. The number of benzene rings is 1. The van der Waals surface area contributed by atoms with Crippen molar-refractivity contribution in [3.63, 3.8) is 0 Å². The van der Waals surface area contributed by atoms with Crippen LogP contribution in [0, 0.1) is 5.92 Å². The number of carboxylic acid groups (broad SMARTS) is 1. The van der Waals surface area contributed by atoms with Gasteiger partial charge in [0.1, 0.15) is 0 Å². The summed E-state index contributed by atoms with van der Waals surface area (Å²) in [5.41, 5.74) is 1.37. The van der Waals surface area contributed by atoms with E-state index in [9.17, 15) is 9.90 Å². The quantitative estimate of drug-likeness (QED) is 0.925. The first-order chi connectivity index (χ1) is 10.2. The van der Waals surface area contributed by atoms with Gasteiger partial charge in [-0.1, -0.05) is 30.3 Å². The Hall–Kier alpha value is -1.35. The van der Waals surface area contributed by atoms with Crippen LogP contribution in [0.1, 0.15) is 50.5 Å². The Bertz CT molecular complexity index is 487. The Morgan fingerprint density at radius 3 is 2.57 bits per heavy atom. The molecule has 114 valence electrons. The van der Waals surface area contributed by atoms with E-state index < -0.39 is 5.97 Å². The van der Waals surface area contributed by atoms with Gasteiger partial charge in [0.05, 0.1) is 5.92 Å². The first kappa shape index (κ1) is 14.6. The number of hydrogen-bond acceptors (Lipinski definition) is 2. The molecule has 1 saturated heterocycles. The predicted molar refractivity (Wildman–Crippen MR) is 83.3 cm³/mol. The number of likely N-dealkylation sites (tertiary alicyclic amines) is 1. The molecule has 0 radical (unpaired) electrons. The van der Waals surface area contributed by atoms with Crippen molar-refractivity contribution in [2.45, 2.75) is 57.0 Å². The molecule has 3 rings (SSSR count). The van der Waals surface area contributed by atoms with Crippen molar-refractivity contribution in [3.05, 3.63) is 35.9 Å². The van der Waals surface area contributed by atoms with Crippen LogP contribution >= 0.6 is 0 Å². The Kier molecular flexibility index (Phi) is 4.29. The molecule has 1 aromatic rings. The van der Waals surface area contributed by atoms with Crippen LogP contribution in [0.4, 0.5) is 0 Å². The summed E-state index contributed by atoms with van der Waals surface area (Å²) in [6.07, 6.45) is 5.21. The topological polar surface area (TPSA) is 40.5 Å². The highest BCUT2D eigenvalue weighted by atomic mass is 16.4. The molecule has 0 amide bonds. The lowest BCUT2D eigenvalue weighted by Gasteiger charge is -2.41. The molecule has 0 aromatic heterocycles. The maximum atomic E-state index is 11.6. The van der Waals surface area contributed by atoms with Gasteiger partial charge in [-0.2, -0.15) is 0 Å². The summed E-state index contributed by atoms with van der Waals surface area (Å²) in [7, 11) is 0. The second kappa shape index (κ2) is 6.18. The van der Waals surface area contributed by atoms with Gasteiger partial charge in [-0.05, 0) is 57.1 Å². The zero-order valence-corrected chi connectivity index (χ0v) is 12.7. The van der Waals surface area contributed by atoms with E-state index in [1.807, 2.05) is 6.07 Å². The normalized spacial score (nSPS) is 34.0. The van der Waals surface area contributed by atoms with Crippen molar-refractivity contribution in [1.29, 1.82) is 0 Å². The molecule has 0 spiro atoms. The molecule has 2 fully saturated rings. The van der Waals surface area contributed by atoms with Gasteiger partial charge < -0.3 is 5.11 Å². The molecule has 1 aliphatic carbocycles. The average molecular weight is 287 g/mol. The van der Waals surface area contributed by atoms with Gasteiger partial charge in [0.15, 0.2) is 0 Å². The van der Waals surface area contributed by atoms with Crippen LogP contribution in [0.3, 0.4) is 0 Å². The minimum Gasteiger partial charge on any atom is -0.481 e. The molecule has 2 aliphatic rings. The van der Waals surface area contributed by atoms with Gasteiger partial charge in [-0.3, -0.25) is 9.69 Å². The first-order valence-electron chi connectivity index (χ1n) is 8.20. The summed E-state index contributed by atoms with van der Waals surface area (Å²) in [6.45, 7) is 3.31. The van der Waals surface area contributed by atoms with Gasteiger partial charge in [-0.15, -0.1) is 0 Å². The summed E-state index contributed by atoms with van der Waals surface area (Å²) in [5.74, 6) is -0.282. The lowest BCUT2D eigenvalue weighted by atomic mass is 9.74. The molecular formula is C18H25NO2. The maximum absolute atomic E-state index is 11.6. The molecule has 1 heterocycles. The van der Waals surface area contributed by atoms with Crippen LogP contribution in [-0.2, 0) is 4.79 Å². The van der Waals surface area contributed by atoms with Crippen molar-refractivity contribution in [2.24, 2.45) is 5.92 Å². The number of hydrogen-bond donors (Lipinski definition) is 1. The van der Waals surface area contributed by atoms with Gasteiger partial charge in [0.2, 0.25) is 0 Å². The SMILES string of the molecule is CC1CCCN1C1CC(c2ccccc2)CCC1C(=O)O. The molecule has 1 N–H and O–H groups in total. The largest absolute Gasteiger partial charge is 0.481 e. The van der Waals surface area contributed by atoms with Crippen LogP contribution in [0.5, 0.6) is 0 Å². The minimum atomic E-state index is -0.606. The second-order valence-corrected chi connectivity index (χ2v) is 6.66. The fourth-order valence-corrected chi connectivity index (χ4v) is 4.28. The van der Waals surface area contributed by atoms with Crippen LogP contribution < -0.4 is 0 Å². The molecule has 3 heteroatoms. The number of nitrogens with zero attached hydrogens (tertiary/aromatic N) is 1. The average Bonchev–Trinajstić information content (AvgIpc) is 2.93. The summed E-state index contributed by atoms with van der Waals surface area (Å²) in [5, 5.41) is 9.59. The number of carbonyl (C=O) groups is 1. The van der Waals surface area contributed by atoms with Gasteiger partial charge in [-0.25, -0.2) is 0 Å². The highest BCUT2D eigenvalue weighted by Gasteiger charge is 2.41. The minimum absolute atomic E-state index is 0.189. The molecular weight excluding hydrogens is 262 g/mol. The smallest absolute Gasteiger partial charge is 0.308 e. The Balaban J connectivity index is 1.80. The van der Waals surface area contributed by atoms with E-state index in [1.54, 1.807) is 0 Å². The van der Waals surface area contributed by atoms with Crippen molar-refractivity contribution in [3.8, 4) is 0 Å². The van der Waals surface area contributed by atoms with Crippen LogP contribution in [0.25, 0.3) is 0 Å². The van der Waals surface area contributed by atoms with E-state index in [-0.39, 0.29) is 12.0 Å². The van der Waals surface area contributed by atoms with E-state index in [4.69, 9.17) is 0 Å². The summed E-state index contributed by atoms with van der Waals surface area (Å²) < 4.78 is 0. The van der Waals surface area contributed by atoms with Gasteiger partial charge in [0, 0.05) is 12.1 Å². The molecule has 1 aromatic carbocycles. The maximum Gasteiger partial charge on any atom is 0.308 e. The molecule has 21 heavy (non-hydrogen) atoms. The predicted octanol–water partition coefficient (Wildman–Crippen LogP) is 3.51. The van der Waals surface area contributed by atoms with E-state index in [2.05, 4.69) is 36.1 Å². The van der Waals surface area contributed by atoms with E-state index in [0.717, 1.165) is 25.8 Å². The molecule has 4 unspecified atom stereocenters. The Morgan fingerprint density at radius 2 is 1.95 bits per heavy atom. The number of rotatable bonds is 3. The van der Waals surface area contributed by atoms with Crippen molar-refractivity contribution < 1.29 is 9.90 Å². The zero-order chi connectivity index (χ0) is 14.8. The second-order valence-electron chi connectivity index (χ2n) is 6.66.